The Bertz CT molecular complexity index is 834. The summed E-state index contributed by atoms with van der Waals surface area (Å²) in [6.45, 7) is 0. The first-order valence-electron chi connectivity index (χ1n) is 8.45. The lowest BCUT2D eigenvalue weighted by Crippen LogP contribution is -2.28. The highest BCUT2D eigenvalue weighted by molar-refractivity contribution is 7.53. The number of ether oxygens (including phenoxy) is 1. The molecule has 0 aliphatic heterocycles. The number of amides is 1. The molecule has 1 atom stereocenters. The van der Waals surface area contributed by atoms with Crippen molar-refractivity contribution in [3.63, 3.8) is 0 Å². The topological polar surface area (TPSA) is 104 Å². The van der Waals surface area contributed by atoms with Gasteiger partial charge in [0.1, 0.15) is 0 Å². The third-order valence-corrected chi connectivity index (χ3v) is 6.84. The second kappa shape index (κ2) is 10.5. The maximum absolute atomic E-state index is 12.8. The standard InChI is InChI=1S/C18H23N2O6PS/c1-24-16(21)10-15-12-28-18(19-15)20-17(22)14(11-27(23,25-2)26-3)9-13-7-5-4-6-8-13/h4-8,12,14H,9-11H2,1-3H3,(H,19,20,22). The van der Waals surface area contributed by atoms with Gasteiger partial charge in [0.05, 0.1) is 31.3 Å². The lowest BCUT2D eigenvalue weighted by atomic mass is 10.0. The van der Waals surface area contributed by atoms with Crippen molar-refractivity contribution in [1.82, 2.24) is 4.98 Å². The molecule has 1 aromatic heterocycles. The van der Waals surface area contributed by atoms with Crippen molar-refractivity contribution >= 4 is 35.9 Å². The van der Waals surface area contributed by atoms with Gasteiger partial charge in [0, 0.05) is 19.6 Å². The zero-order valence-corrected chi connectivity index (χ0v) is 17.6. The number of nitrogens with zero attached hydrogens (tertiary/aromatic N) is 1. The number of hydrogen-bond donors (Lipinski definition) is 1. The Labute approximate surface area is 167 Å². The van der Waals surface area contributed by atoms with Gasteiger partial charge in [0.15, 0.2) is 5.13 Å². The number of thiazole rings is 1. The predicted octanol–water partition coefficient (Wildman–Crippen LogP) is 3.14. The van der Waals surface area contributed by atoms with Crippen molar-refractivity contribution in [2.75, 3.05) is 32.8 Å². The fraction of sp³-hybridized carbons (Fsp3) is 0.389. The van der Waals surface area contributed by atoms with E-state index in [0.717, 1.165) is 5.56 Å². The van der Waals surface area contributed by atoms with Crippen LogP contribution in [0.2, 0.25) is 0 Å². The molecule has 2 rings (SSSR count). The van der Waals surface area contributed by atoms with Gasteiger partial charge in [-0.25, -0.2) is 4.98 Å². The Morgan fingerprint density at radius 2 is 1.86 bits per heavy atom. The molecule has 0 radical (unpaired) electrons. The molecule has 28 heavy (non-hydrogen) atoms. The third-order valence-electron chi connectivity index (χ3n) is 4.03. The Morgan fingerprint density at radius 3 is 2.46 bits per heavy atom. The predicted molar refractivity (Wildman–Crippen MR) is 107 cm³/mol. The van der Waals surface area contributed by atoms with Crippen LogP contribution in [0.25, 0.3) is 0 Å². The SMILES string of the molecule is COC(=O)Cc1csc(NC(=O)C(Cc2ccccc2)CP(=O)(OC)OC)n1. The first-order chi connectivity index (χ1) is 13.4. The number of methoxy groups -OCH3 is 1. The van der Waals surface area contributed by atoms with E-state index in [2.05, 4.69) is 15.0 Å². The molecule has 0 aliphatic carbocycles. The van der Waals surface area contributed by atoms with E-state index in [1.807, 2.05) is 30.3 Å². The van der Waals surface area contributed by atoms with E-state index in [0.29, 0.717) is 17.2 Å². The number of aromatic nitrogens is 1. The van der Waals surface area contributed by atoms with E-state index in [-0.39, 0.29) is 18.5 Å². The van der Waals surface area contributed by atoms with Gasteiger partial charge in [-0.1, -0.05) is 30.3 Å². The summed E-state index contributed by atoms with van der Waals surface area (Å²) in [5.74, 6) is -1.41. The average molecular weight is 426 g/mol. The molecule has 152 valence electrons. The van der Waals surface area contributed by atoms with Crippen molar-refractivity contribution in [2.45, 2.75) is 12.8 Å². The molecule has 1 N–H and O–H groups in total. The van der Waals surface area contributed by atoms with Crippen LogP contribution in [0.3, 0.4) is 0 Å². The number of anilines is 1. The summed E-state index contributed by atoms with van der Waals surface area (Å²) in [5.41, 5.74) is 1.43. The highest BCUT2D eigenvalue weighted by Gasteiger charge is 2.31. The van der Waals surface area contributed by atoms with Crippen LogP contribution < -0.4 is 5.32 Å². The van der Waals surface area contributed by atoms with Gasteiger partial charge in [-0.3, -0.25) is 14.2 Å². The lowest BCUT2D eigenvalue weighted by Gasteiger charge is -2.20. The smallest absolute Gasteiger partial charge is 0.330 e. The summed E-state index contributed by atoms with van der Waals surface area (Å²) in [6, 6.07) is 9.41. The highest BCUT2D eigenvalue weighted by atomic mass is 32.1. The second-order valence-corrected chi connectivity index (χ2v) is 9.11. The summed E-state index contributed by atoms with van der Waals surface area (Å²) < 4.78 is 27.2. The van der Waals surface area contributed by atoms with Crippen molar-refractivity contribution in [3.05, 3.63) is 47.0 Å². The van der Waals surface area contributed by atoms with Crippen LogP contribution in [0.4, 0.5) is 5.13 Å². The normalized spacial score (nSPS) is 12.4. The molecule has 0 aliphatic rings. The summed E-state index contributed by atoms with van der Waals surface area (Å²) in [5, 5.41) is 4.76. The third kappa shape index (κ3) is 6.53. The quantitative estimate of drug-likeness (QED) is 0.460. The van der Waals surface area contributed by atoms with Crippen LogP contribution >= 0.6 is 18.9 Å². The Hall–Kier alpha value is -2.06. The van der Waals surface area contributed by atoms with Crippen LogP contribution in [-0.2, 0) is 40.8 Å². The van der Waals surface area contributed by atoms with Gasteiger partial charge in [-0.2, -0.15) is 0 Å². The van der Waals surface area contributed by atoms with Gasteiger partial charge in [-0.15, -0.1) is 11.3 Å². The molecule has 8 nitrogen and oxygen atoms in total. The zero-order chi connectivity index (χ0) is 20.6. The number of rotatable bonds is 10. The first-order valence-corrected chi connectivity index (χ1v) is 11.1. The molecule has 0 saturated carbocycles. The largest absolute Gasteiger partial charge is 0.469 e. The number of carbonyl (C=O) groups excluding carboxylic acids is 2. The molecule has 1 amide bonds. The molecular formula is C18H23N2O6PS. The molecule has 2 aromatic rings. The average Bonchev–Trinajstić information content (AvgIpc) is 3.14. The maximum atomic E-state index is 12.8. The fourth-order valence-corrected chi connectivity index (χ4v) is 4.50. The summed E-state index contributed by atoms with van der Waals surface area (Å²) >= 11 is 1.20. The van der Waals surface area contributed by atoms with E-state index < -0.39 is 19.5 Å². The molecule has 1 heterocycles. The number of nitrogens with one attached hydrogen (secondary N) is 1. The maximum Gasteiger partial charge on any atom is 0.330 e. The van der Waals surface area contributed by atoms with Gasteiger partial charge < -0.3 is 19.1 Å². The first kappa shape index (κ1) is 22.2. The van der Waals surface area contributed by atoms with E-state index in [1.54, 1.807) is 5.38 Å². The van der Waals surface area contributed by atoms with E-state index in [9.17, 15) is 14.2 Å². The molecule has 10 heteroatoms. The zero-order valence-electron chi connectivity index (χ0n) is 15.9. The van der Waals surface area contributed by atoms with Crippen LogP contribution in [0.5, 0.6) is 0 Å². The Kier molecular flexibility index (Phi) is 8.32. The van der Waals surface area contributed by atoms with E-state index in [4.69, 9.17) is 9.05 Å². The van der Waals surface area contributed by atoms with Crippen LogP contribution in [0.1, 0.15) is 11.3 Å². The van der Waals surface area contributed by atoms with Crippen LogP contribution in [-0.4, -0.2) is 44.4 Å². The van der Waals surface area contributed by atoms with Crippen LogP contribution in [0.15, 0.2) is 35.7 Å². The minimum absolute atomic E-state index is 0.0267. The Morgan fingerprint density at radius 1 is 1.18 bits per heavy atom. The molecule has 0 saturated heterocycles. The molecular weight excluding hydrogens is 403 g/mol. The lowest BCUT2D eigenvalue weighted by molar-refractivity contribution is -0.139. The number of hydrogen-bond acceptors (Lipinski definition) is 8. The van der Waals surface area contributed by atoms with Gasteiger partial charge in [0.25, 0.3) is 0 Å². The molecule has 0 bridgehead atoms. The highest BCUT2D eigenvalue weighted by Crippen LogP contribution is 2.48. The van der Waals surface area contributed by atoms with Crippen molar-refractivity contribution in [2.24, 2.45) is 5.92 Å². The molecule has 1 unspecified atom stereocenters. The monoisotopic (exact) mass is 426 g/mol. The minimum atomic E-state index is -3.39. The van der Waals surface area contributed by atoms with Gasteiger partial charge in [0.2, 0.25) is 5.91 Å². The summed E-state index contributed by atoms with van der Waals surface area (Å²) in [4.78, 5) is 28.4. The second-order valence-electron chi connectivity index (χ2n) is 5.93. The van der Waals surface area contributed by atoms with E-state index >= 15 is 0 Å². The summed E-state index contributed by atoms with van der Waals surface area (Å²) in [7, 11) is 0.498. The molecule has 1 aromatic carbocycles. The minimum Gasteiger partial charge on any atom is -0.469 e. The molecule has 0 spiro atoms. The van der Waals surface area contributed by atoms with Crippen molar-refractivity contribution in [1.29, 1.82) is 0 Å². The van der Waals surface area contributed by atoms with Gasteiger partial charge >= 0.3 is 13.6 Å². The number of carbonyl (C=O) groups is 2. The van der Waals surface area contributed by atoms with Crippen molar-refractivity contribution < 1.29 is 27.9 Å². The van der Waals surface area contributed by atoms with E-state index in [1.165, 1.54) is 32.7 Å². The van der Waals surface area contributed by atoms with Gasteiger partial charge in [-0.05, 0) is 12.0 Å². The summed E-state index contributed by atoms with van der Waals surface area (Å²) in [6.07, 6.45) is 0.323. The van der Waals surface area contributed by atoms with Crippen LogP contribution in [0, 0.1) is 5.92 Å². The molecule has 0 fully saturated rings. The number of esters is 1. The number of benzene rings is 1. The van der Waals surface area contributed by atoms with Crippen molar-refractivity contribution in [3.8, 4) is 0 Å². The Balaban J connectivity index is 2.14. The fourth-order valence-electron chi connectivity index (χ4n) is 2.51.